The Labute approximate surface area is 119 Å². The number of hydrogen-bond donors (Lipinski definition) is 1. The molecule has 0 fully saturated rings. The molecule has 5 nitrogen and oxygen atoms in total. The van der Waals surface area contributed by atoms with Gasteiger partial charge in [0.25, 0.3) is 11.6 Å². The maximum atomic E-state index is 11.9. The molecule has 0 unspecified atom stereocenters. The van der Waals surface area contributed by atoms with Crippen LogP contribution in [0.15, 0.2) is 22.7 Å². The summed E-state index contributed by atoms with van der Waals surface area (Å²) in [6, 6.07) is 4.08. The zero-order chi connectivity index (χ0) is 14.3. The molecule has 1 amide bonds. The fourth-order valence-corrected chi connectivity index (χ4v) is 1.88. The molecule has 0 atom stereocenters. The lowest BCUT2D eigenvalue weighted by molar-refractivity contribution is -0.384. The standard InChI is InChI=1S/C13H13BrN2O3/c1-2-3-4-5-8-15-13(17)11-9-10(16(18)19)6-7-12(11)14/h1,6-7,9H,3-5,8H2,(H,15,17). The van der Waals surface area contributed by atoms with Crippen LogP contribution in [0.5, 0.6) is 0 Å². The Balaban J connectivity index is 2.64. The van der Waals surface area contributed by atoms with Gasteiger partial charge >= 0.3 is 0 Å². The Bertz CT molecular complexity index is 523. The van der Waals surface area contributed by atoms with Gasteiger partial charge in [-0.3, -0.25) is 14.9 Å². The molecular weight excluding hydrogens is 312 g/mol. The maximum absolute atomic E-state index is 11.9. The molecular formula is C13H13BrN2O3. The lowest BCUT2D eigenvalue weighted by atomic mass is 10.2. The zero-order valence-corrected chi connectivity index (χ0v) is 11.8. The summed E-state index contributed by atoms with van der Waals surface area (Å²) in [6.45, 7) is 0.496. The van der Waals surface area contributed by atoms with Gasteiger partial charge in [0.15, 0.2) is 0 Å². The number of nitro benzene ring substituents is 1. The van der Waals surface area contributed by atoms with Crippen molar-refractivity contribution in [3.8, 4) is 12.3 Å². The van der Waals surface area contributed by atoms with E-state index in [1.807, 2.05) is 0 Å². The van der Waals surface area contributed by atoms with Crippen LogP contribution in [-0.2, 0) is 0 Å². The fourth-order valence-electron chi connectivity index (χ4n) is 1.45. The molecule has 0 aromatic heterocycles. The molecule has 1 rings (SSSR count). The van der Waals surface area contributed by atoms with Gasteiger partial charge in [-0.1, -0.05) is 0 Å². The molecule has 6 heteroatoms. The highest BCUT2D eigenvalue weighted by molar-refractivity contribution is 9.10. The van der Waals surface area contributed by atoms with Crippen LogP contribution in [0.1, 0.15) is 29.6 Å². The van der Waals surface area contributed by atoms with E-state index in [0.717, 1.165) is 12.8 Å². The molecule has 0 aliphatic rings. The number of terminal acetylenes is 1. The number of rotatable bonds is 6. The molecule has 0 heterocycles. The van der Waals surface area contributed by atoms with Gasteiger partial charge in [-0.05, 0) is 34.8 Å². The smallest absolute Gasteiger partial charge is 0.270 e. The highest BCUT2D eigenvalue weighted by Crippen LogP contribution is 2.22. The zero-order valence-electron chi connectivity index (χ0n) is 10.2. The Morgan fingerprint density at radius 3 is 2.84 bits per heavy atom. The SMILES string of the molecule is C#CCCCCNC(=O)c1cc([N+](=O)[O-])ccc1Br. The number of nitro groups is 1. The average Bonchev–Trinajstić information content (AvgIpc) is 2.38. The predicted molar refractivity (Wildman–Crippen MR) is 75.8 cm³/mol. The minimum absolute atomic E-state index is 0.110. The van der Waals surface area contributed by atoms with Crippen molar-refractivity contribution in [1.82, 2.24) is 5.32 Å². The van der Waals surface area contributed by atoms with Gasteiger partial charge in [-0.15, -0.1) is 12.3 Å². The third-order valence-electron chi connectivity index (χ3n) is 2.44. The van der Waals surface area contributed by atoms with Gasteiger partial charge < -0.3 is 5.32 Å². The number of carbonyl (C=O) groups excluding carboxylic acids is 1. The van der Waals surface area contributed by atoms with Crippen molar-refractivity contribution in [1.29, 1.82) is 0 Å². The van der Waals surface area contributed by atoms with Crippen LogP contribution in [0, 0.1) is 22.5 Å². The summed E-state index contributed by atoms with van der Waals surface area (Å²) in [7, 11) is 0. The van der Waals surface area contributed by atoms with E-state index in [4.69, 9.17) is 6.42 Å². The van der Waals surface area contributed by atoms with Crippen LogP contribution in [0.3, 0.4) is 0 Å². The highest BCUT2D eigenvalue weighted by atomic mass is 79.9. The van der Waals surface area contributed by atoms with Crippen LogP contribution in [-0.4, -0.2) is 17.4 Å². The van der Waals surface area contributed by atoms with Crippen molar-refractivity contribution < 1.29 is 9.72 Å². The first-order chi connectivity index (χ1) is 9.06. The van der Waals surface area contributed by atoms with Crippen molar-refractivity contribution in [3.63, 3.8) is 0 Å². The van der Waals surface area contributed by atoms with E-state index >= 15 is 0 Å². The summed E-state index contributed by atoms with van der Waals surface area (Å²) in [5, 5.41) is 13.4. The van der Waals surface area contributed by atoms with Gasteiger partial charge in [-0.2, -0.15) is 0 Å². The number of carbonyl (C=O) groups is 1. The molecule has 0 bridgehead atoms. The van der Waals surface area contributed by atoms with Crippen molar-refractivity contribution in [3.05, 3.63) is 38.3 Å². The third-order valence-corrected chi connectivity index (χ3v) is 3.13. The van der Waals surface area contributed by atoms with Gasteiger partial charge in [0, 0.05) is 29.6 Å². The van der Waals surface area contributed by atoms with E-state index in [1.165, 1.54) is 18.2 Å². The number of halogens is 1. The van der Waals surface area contributed by atoms with Gasteiger partial charge in [-0.25, -0.2) is 0 Å². The minimum Gasteiger partial charge on any atom is -0.352 e. The molecule has 0 aliphatic heterocycles. The Hall–Kier alpha value is -1.87. The second kappa shape index (κ2) is 7.54. The summed E-state index contributed by atoms with van der Waals surface area (Å²) in [6.07, 6.45) is 7.42. The fraction of sp³-hybridized carbons (Fsp3) is 0.308. The predicted octanol–water partition coefficient (Wildman–Crippen LogP) is 2.89. The summed E-state index contributed by atoms with van der Waals surface area (Å²) < 4.78 is 0.527. The van der Waals surface area contributed by atoms with Crippen molar-refractivity contribution >= 4 is 27.5 Å². The first-order valence-electron chi connectivity index (χ1n) is 5.72. The van der Waals surface area contributed by atoms with Crippen molar-refractivity contribution in [2.24, 2.45) is 0 Å². The molecule has 0 radical (unpaired) electrons. The minimum atomic E-state index is -0.532. The first-order valence-corrected chi connectivity index (χ1v) is 6.51. The normalized spacial score (nSPS) is 9.68. The number of non-ortho nitro benzene ring substituents is 1. The van der Waals surface area contributed by atoms with Crippen LogP contribution >= 0.6 is 15.9 Å². The largest absolute Gasteiger partial charge is 0.352 e. The lowest BCUT2D eigenvalue weighted by Gasteiger charge is -2.06. The summed E-state index contributed by atoms with van der Waals surface area (Å²) in [5.41, 5.74) is 0.145. The molecule has 100 valence electrons. The van der Waals surface area contributed by atoms with Crippen LogP contribution in [0.4, 0.5) is 5.69 Å². The summed E-state index contributed by atoms with van der Waals surface area (Å²) >= 11 is 3.20. The summed E-state index contributed by atoms with van der Waals surface area (Å²) in [4.78, 5) is 22.0. The molecule has 0 saturated carbocycles. The van der Waals surface area contributed by atoms with Crippen molar-refractivity contribution in [2.45, 2.75) is 19.3 Å². The Morgan fingerprint density at radius 1 is 1.47 bits per heavy atom. The van der Waals surface area contributed by atoms with Gasteiger partial charge in [0.2, 0.25) is 0 Å². The molecule has 1 aromatic carbocycles. The van der Waals surface area contributed by atoms with Crippen LogP contribution < -0.4 is 5.32 Å². The monoisotopic (exact) mass is 324 g/mol. The van der Waals surface area contributed by atoms with E-state index in [0.29, 0.717) is 17.4 Å². The Morgan fingerprint density at radius 2 is 2.21 bits per heavy atom. The number of hydrogen-bond acceptors (Lipinski definition) is 3. The second-order valence-electron chi connectivity index (χ2n) is 3.84. The molecule has 1 N–H and O–H groups in total. The highest BCUT2D eigenvalue weighted by Gasteiger charge is 2.14. The first kappa shape index (κ1) is 15.2. The number of nitrogens with one attached hydrogen (secondary N) is 1. The van der Waals surface area contributed by atoms with Gasteiger partial charge in [0.05, 0.1) is 10.5 Å². The topological polar surface area (TPSA) is 72.2 Å². The second-order valence-corrected chi connectivity index (χ2v) is 4.69. The van der Waals surface area contributed by atoms with Crippen molar-refractivity contribution in [2.75, 3.05) is 6.54 Å². The summed E-state index contributed by atoms with van der Waals surface area (Å²) in [5.74, 6) is 2.18. The molecule has 1 aromatic rings. The third kappa shape index (κ3) is 4.72. The van der Waals surface area contributed by atoms with E-state index in [9.17, 15) is 14.9 Å². The number of benzene rings is 1. The number of amides is 1. The van der Waals surface area contributed by atoms with Crippen LogP contribution in [0.25, 0.3) is 0 Å². The maximum Gasteiger partial charge on any atom is 0.270 e. The average molecular weight is 325 g/mol. The molecule has 19 heavy (non-hydrogen) atoms. The molecule has 0 spiro atoms. The van der Waals surface area contributed by atoms with E-state index < -0.39 is 4.92 Å². The van der Waals surface area contributed by atoms with Crippen LogP contribution in [0.2, 0.25) is 0 Å². The van der Waals surface area contributed by atoms with Gasteiger partial charge in [0.1, 0.15) is 0 Å². The van der Waals surface area contributed by atoms with E-state index in [-0.39, 0.29) is 17.2 Å². The number of unbranched alkanes of at least 4 members (excludes halogenated alkanes) is 2. The quantitative estimate of drug-likeness (QED) is 0.378. The number of nitrogens with zero attached hydrogens (tertiary/aromatic N) is 1. The van der Waals surface area contributed by atoms with E-state index in [1.54, 1.807) is 0 Å². The Kier molecular flexibility index (Phi) is 6.03. The van der Waals surface area contributed by atoms with E-state index in [2.05, 4.69) is 27.2 Å². The molecule has 0 aliphatic carbocycles. The molecule has 0 saturated heterocycles. The lowest BCUT2D eigenvalue weighted by Crippen LogP contribution is -2.24.